The summed E-state index contributed by atoms with van der Waals surface area (Å²) >= 11 is 0. The van der Waals surface area contributed by atoms with Crippen LogP contribution in [0.15, 0.2) is 4.52 Å². The van der Waals surface area contributed by atoms with Crippen LogP contribution < -0.4 is 5.73 Å². The minimum absolute atomic E-state index is 0.408. The first-order valence-electron chi connectivity index (χ1n) is 8.28. The Morgan fingerprint density at radius 1 is 1.15 bits per heavy atom. The second kappa shape index (κ2) is 4.25. The summed E-state index contributed by atoms with van der Waals surface area (Å²) in [4.78, 5) is 0. The molecule has 0 spiro atoms. The second-order valence-corrected chi connectivity index (χ2v) is 8.16. The average molecular weight is 274 g/mol. The number of nitrogen functional groups attached to an aromatic ring is 1. The highest BCUT2D eigenvalue weighted by Gasteiger charge is 2.51. The molecule has 0 aliphatic heterocycles. The molecule has 110 valence electrons. The molecule has 3 nitrogen and oxygen atoms in total. The number of hydrogen-bond donors (Lipinski definition) is 1. The van der Waals surface area contributed by atoms with Crippen LogP contribution in [-0.4, -0.2) is 5.16 Å². The lowest BCUT2D eigenvalue weighted by atomic mass is 9.48. The Bertz CT molecular complexity index is 482. The predicted octanol–water partition coefficient (Wildman–Crippen LogP) is 4.14. The minimum Gasteiger partial charge on any atom is -0.367 e. The Morgan fingerprint density at radius 3 is 2.20 bits per heavy atom. The van der Waals surface area contributed by atoms with E-state index in [2.05, 4.69) is 19.0 Å². The highest BCUT2D eigenvalue weighted by atomic mass is 16.5. The van der Waals surface area contributed by atoms with E-state index in [-0.39, 0.29) is 0 Å². The van der Waals surface area contributed by atoms with Crippen molar-refractivity contribution >= 4 is 5.88 Å². The standard InChI is InChI=1S/C17H26N2O/c1-10(2)15-14(19-20-16(15)18)9-17-6-11-3-12(7-17)5-13(4-11)8-17/h10-13H,3-9,18H2,1-2H3. The Morgan fingerprint density at radius 2 is 1.70 bits per heavy atom. The first-order chi connectivity index (χ1) is 9.55. The summed E-state index contributed by atoms with van der Waals surface area (Å²) in [7, 11) is 0. The van der Waals surface area contributed by atoms with Gasteiger partial charge >= 0.3 is 0 Å². The molecule has 20 heavy (non-hydrogen) atoms. The molecule has 1 aromatic rings. The van der Waals surface area contributed by atoms with Crippen LogP contribution in [0.25, 0.3) is 0 Å². The Labute approximate surface area is 121 Å². The van der Waals surface area contributed by atoms with Gasteiger partial charge in [0.15, 0.2) is 0 Å². The maximum absolute atomic E-state index is 5.98. The van der Waals surface area contributed by atoms with Crippen LogP contribution in [0.2, 0.25) is 0 Å². The van der Waals surface area contributed by atoms with Crippen molar-refractivity contribution in [2.24, 2.45) is 23.2 Å². The van der Waals surface area contributed by atoms with E-state index in [1.165, 1.54) is 44.1 Å². The summed E-state index contributed by atoms with van der Waals surface area (Å²) in [5.41, 5.74) is 8.82. The highest BCUT2D eigenvalue weighted by molar-refractivity contribution is 5.41. The van der Waals surface area contributed by atoms with Crippen LogP contribution in [0, 0.1) is 23.2 Å². The van der Waals surface area contributed by atoms with Gasteiger partial charge in [-0.25, -0.2) is 0 Å². The van der Waals surface area contributed by atoms with Gasteiger partial charge in [-0.05, 0) is 74.0 Å². The molecule has 0 radical (unpaired) electrons. The molecular weight excluding hydrogens is 248 g/mol. The average Bonchev–Trinajstić information content (AvgIpc) is 2.67. The van der Waals surface area contributed by atoms with Gasteiger partial charge in [0.2, 0.25) is 5.88 Å². The van der Waals surface area contributed by atoms with E-state index in [0.717, 1.165) is 29.9 Å². The number of nitrogens with two attached hydrogens (primary N) is 1. The van der Waals surface area contributed by atoms with Crippen molar-refractivity contribution in [1.29, 1.82) is 0 Å². The summed E-state index contributed by atoms with van der Waals surface area (Å²) < 4.78 is 5.30. The molecule has 4 fully saturated rings. The summed E-state index contributed by atoms with van der Waals surface area (Å²) in [6.45, 7) is 4.37. The van der Waals surface area contributed by atoms with Crippen LogP contribution in [0.5, 0.6) is 0 Å². The molecule has 0 aromatic carbocycles. The van der Waals surface area contributed by atoms with Crippen LogP contribution in [0.4, 0.5) is 5.88 Å². The molecule has 4 bridgehead atoms. The van der Waals surface area contributed by atoms with Crippen molar-refractivity contribution in [2.75, 3.05) is 5.73 Å². The van der Waals surface area contributed by atoms with E-state index in [1.807, 2.05) is 0 Å². The van der Waals surface area contributed by atoms with Gasteiger partial charge in [0.25, 0.3) is 0 Å². The maximum atomic E-state index is 5.98. The normalized spacial score (nSPS) is 38.9. The largest absolute Gasteiger partial charge is 0.367 e. The van der Waals surface area contributed by atoms with Crippen LogP contribution in [-0.2, 0) is 6.42 Å². The van der Waals surface area contributed by atoms with Gasteiger partial charge < -0.3 is 10.3 Å². The molecule has 0 saturated heterocycles. The van der Waals surface area contributed by atoms with Gasteiger partial charge in [-0.15, -0.1) is 0 Å². The smallest absolute Gasteiger partial charge is 0.225 e. The minimum atomic E-state index is 0.408. The predicted molar refractivity (Wildman–Crippen MR) is 79.3 cm³/mol. The van der Waals surface area contributed by atoms with E-state index in [9.17, 15) is 0 Å². The van der Waals surface area contributed by atoms with Crippen LogP contribution in [0.3, 0.4) is 0 Å². The zero-order valence-corrected chi connectivity index (χ0v) is 12.7. The topological polar surface area (TPSA) is 52.0 Å². The van der Waals surface area contributed by atoms with E-state index in [4.69, 9.17) is 10.3 Å². The fourth-order valence-electron chi connectivity index (χ4n) is 5.95. The first kappa shape index (κ1) is 12.7. The van der Waals surface area contributed by atoms with Crippen molar-refractivity contribution in [3.8, 4) is 0 Å². The van der Waals surface area contributed by atoms with Gasteiger partial charge in [-0.2, -0.15) is 0 Å². The maximum Gasteiger partial charge on any atom is 0.225 e. The first-order valence-corrected chi connectivity index (χ1v) is 8.28. The molecular formula is C17H26N2O. The number of anilines is 1. The van der Waals surface area contributed by atoms with Crippen molar-refractivity contribution in [1.82, 2.24) is 5.16 Å². The lowest BCUT2D eigenvalue weighted by Gasteiger charge is -2.56. The second-order valence-electron chi connectivity index (χ2n) is 8.16. The van der Waals surface area contributed by atoms with Gasteiger partial charge in [-0.1, -0.05) is 19.0 Å². The monoisotopic (exact) mass is 274 g/mol. The summed E-state index contributed by atoms with van der Waals surface area (Å²) in [6, 6.07) is 0. The lowest BCUT2D eigenvalue weighted by molar-refractivity contribution is -0.0530. The van der Waals surface area contributed by atoms with Gasteiger partial charge in [0.1, 0.15) is 0 Å². The third-order valence-electron chi connectivity index (χ3n) is 6.12. The Balaban J connectivity index is 1.63. The van der Waals surface area contributed by atoms with Crippen molar-refractivity contribution in [2.45, 2.75) is 64.7 Å². The van der Waals surface area contributed by atoms with E-state index >= 15 is 0 Å². The lowest BCUT2D eigenvalue weighted by Crippen LogP contribution is -2.47. The molecule has 1 heterocycles. The number of nitrogens with zero attached hydrogens (tertiary/aromatic N) is 1. The number of rotatable bonds is 3. The van der Waals surface area contributed by atoms with Gasteiger partial charge in [0, 0.05) is 5.56 Å². The molecule has 0 atom stereocenters. The SMILES string of the molecule is CC(C)c1c(CC23CC4CC(CC(C4)C2)C3)noc1N. The summed E-state index contributed by atoms with van der Waals surface area (Å²) in [5.74, 6) is 3.93. The molecule has 4 aliphatic rings. The van der Waals surface area contributed by atoms with E-state index in [1.54, 1.807) is 0 Å². The van der Waals surface area contributed by atoms with Gasteiger partial charge in [-0.3, -0.25) is 0 Å². The molecule has 1 aromatic heterocycles. The van der Waals surface area contributed by atoms with Crippen LogP contribution in [0.1, 0.15) is 69.5 Å². The fourth-order valence-corrected chi connectivity index (χ4v) is 5.95. The molecule has 4 aliphatic carbocycles. The number of hydrogen-bond acceptors (Lipinski definition) is 3. The number of aromatic nitrogens is 1. The van der Waals surface area contributed by atoms with Crippen molar-refractivity contribution in [3.05, 3.63) is 11.3 Å². The third kappa shape index (κ3) is 1.89. The molecule has 2 N–H and O–H groups in total. The Kier molecular flexibility index (Phi) is 2.71. The molecule has 4 saturated carbocycles. The van der Waals surface area contributed by atoms with Crippen molar-refractivity contribution in [3.63, 3.8) is 0 Å². The molecule has 3 heteroatoms. The molecule has 0 unspecified atom stereocenters. The molecule has 0 amide bonds. The van der Waals surface area contributed by atoms with Gasteiger partial charge in [0.05, 0.1) is 5.69 Å². The van der Waals surface area contributed by atoms with Crippen LogP contribution >= 0.6 is 0 Å². The molecule has 5 rings (SSSR count). The van der Waals surface area contributed by atoms with E-state index < -0.39 is 0 Å². The van der Waals surface area contributed by atoms with Crippen molar-refractivity contribution < 1.29 is 4.52 Å². The summed E-state index contributed by atoms with van der Waals surface area (Å²) in [5, 5.41) is 4.31. The Hall–Kier alpha value is -0.990. The zero-order valence-electron chi connectivity index (χ0n) is 12.7. The summed E-state index contributed by atoms with van der Waals surface area (Å²) in [6.07, 6.45) is 9.85. The third-order valence-corrected chi connectivity index (χ3v) is 6.12. The highest BCUT2D eigenvalue weighted by Crippen LogP contribution is 2.61. The zero-order chi connectivity index (χ0) is 13.9. The quantitative estimate of drug-likeness (QED) is 0.901. The van der Waals surface area contributed by atoms with E-state index in [0.29, 0.717) is 17.2 Å². The fraction of sp³-hybridized carbons (Fsp3) is 0.824.